The summed E-state index contributed by atoms with van der Waals surface area (Å²) >= 11 is 0. The van der Waals surface area contributed by atoms with Gasteiger partial charge in [0, 0.05) is 18.0 Å². The summed E-state index contributed by atoms with van der Waals surface area (Å²) in [5, 5.41) is 20.9. The Morgan fingerprint density at radius 2 is 1.80 bits per heavy atom. The van der Waals surface area contributed by atoms with Crippen molar-refractivity contribution >= 4 is 11.7 Å². The van der Waals surface area contributed by atoms with Crippen LogP contribution in [0.5, 0.6) is 0 Å². The molecule has 2 N–H and O–H groups in total. The highest BCUT2D eigenvalue weighted by atomic mass is 19.1. The Morgan fingerprint density at radius 1 is 1.05 bits per heavy atom. The highest BCUT2D eigenvalue weighted by molar-refractivity contribution is 5.92. The summed E-state index contributed by atoms with van der Waals surface area (Å²) in [5.74, 6) is -1.61. The first-order valence-corrected chi connectivity index (χ1v) is 13.1. The van der Waals surface area contributed by atoms with Crippen LogP contribution in [0.4, 0.5) is 14.6 Å². The number of carbonyl (C=O) groups excluding carboxylic acids is 1. The zero-order valence-electron chi connectivity index (χ0n) is 22.7. The summed E-state index contributed by atoms with van der Waals surface area (Å²) in [6.07, 6.45) is 6.07. The first-order chi connectivity index (χ1) is 19.0. The maximum atomic E-state index is 14.5. The number of hydrogen-bond acceptors (Lipinski definition) is 7. The van der Waals surface area contributed by atoms with Gasteiger partial charge in [0.1, 0.15) is 23.6 Å². The van der Waals surface area contributed by atoms with Crippen LogP contribution in [0, 0.1) is 17.0 Å². The van der Waals surface area contributed by atoms with Crippen LogP contribution < -0.4 is 5.32 Å². The SMILES string of the molecule is C[C@H](O)C(=O)Nc1ccc(-c2cncc([C@@]3(C(C)(C)C)CCCc4cc(-c5c(F)cccc5F)nnc43)n2)cn1. The molecule has 3 heterocycles. The van der Waals surface area contributed by atoms with Gasteiger partial charge in [-0.05, 0) is 67.5 Å². The van der Waals surface area contributed by atoms with E-state index in [-0.39, 0.29) is 16.7 Å². The average Bonchev–Trinajstić information content (AvgIpc) is 2.92. The van der Waals surface area contributed by atoms with E-state index in [9.17, 15) is 18.7 Å². The van der Waals surface area contributed by atoms with E-state index in [4.69, 9.17) is 4.98 Å². The van der Waals surface area contributed by atoms with Crippen LogP contribution in [0.3, 0.4) is 0 Å². The average molecular weight is 545 g/mol. The number of aliphatic hydroxyl groups excluding tert-OH is 1. The molecule has 1 amide bonds. The van der Waals surface area contributed by atoms with Crippen molar-refractivity contribution < 1.29 is 18.7 Å². The van der Waals surface area contributed by atoms with E-state index in [1.54, 1.807) is 36.8 Å². The summed E-state index contributed by atoms with van der Waals surface area (Å²) in [6, 6.07) is 8.89. The second kappa shape index (κ2) is 10.4. The molecule has 0 unspecified atom stereocenters. The second-order valence-electron chi connectivity index (χ2n) is 11.1. The molecule has 0 spiro atoms. The number of carbonyl (C=O) groups is 1. The number of nitrogens with one attached hydrogen (secondary N) is 1. The minimum absolute atomic E-state index is 0.160. The number of aryl methyl sites for hydroxylation is 1. The minimum Gasteiger partial charge on any atom is -0.384 e. The lowest BCUT2D eigenvalue weighted by Crippen LogP contribution is -2.45. The molecular weight excluding hydrogens is 514 g/mol. The molecular formula is C30H30F2N6O2. The maximum absolute atomic E-state index is 14.5. The first-order valence-electron chi connectivity index (χ1n) is 13.1. The van der Waals surface area contributed by atoms with Crippen LogP contribution in [0.25, 0.3) is 22.5 Å². The number of fused-ring (bicyclic) bond motifs is 1. The van der Waals surface area contributed by atoms with Gasteiger partial charge in [0.25, 0.3) is 5.91 Å². The van der Waals surface area contributed by atoms with E-state index in [0.717, 1.165) is 24.1 Å². The van der Waals surface area contributed by atoms with Gasteiger partial charge in [-0.15, -0.1) is 5.10 Å². The van der Waals surface area contributed by atoms with Gasteiger partial charge in [-0.1, -0.05) is 26.8 Å². The Bertz CT molecular complexity index is 1550. The molecule has 5 rings (SSSR count). The highest BCUT2D eigenvalue weighted by Crippen LogP contribution is 2.52. The molecule has 1 aliphatic rings. The number of hydrogen-bond donors (Lipinski definition) is 2. The molecule has 3 aromatic heterocycles. The number of pyridine rings is 1. The first kappa shape index (κ1) is 27.4. The number of benzene rings is 1. The molecule has 0 aliphatic heterocycles. The Balaban J connectivity index is 1.57. The molecule has 2 atom stereocenters. The van der Waals surface area contributed by atoms with Crippen molar-refractivity contribution in [2.45, 2.75) is 58.5 Å². The molecule has 4 aromatic rings. The fraction of sp³-hybridized carbons (Fsp3) is 0.333. The number of aromatic nitrogens is 5. The van der Waals surface area contributed by atoms with Crippen molar-refractivity contribution in [3.05, 3.63) is 83.6 Å². The van der Waals surface area contributed by atoms with Crippen LogP contribution in [0.15, 0.2) is 55.0 Å². The molecule has 10 heteroatoms. The van der Waals surface area contributed by atoms with Crippen LogP contribution >= 0.6 is 0 Å². The van der Waals surface area contributed by atoms with Crippen molar-refractivity contribution in [1.82, 2.24) is 25.1 Å². The van der Waals surface area contributed by atoms with Crippen molar-refractivity contribution in [3.63, 3.8) is 0 Å². The molecule has 8 nitrogen and oxygen atoms in total. The largest absolute Gasteiger partial charge is 0.384 e. The number of halogens is 2. The van der Waals surface area contributed by atoms with Gasteiger partial charge in [-0.25, -0.2) is 18.7 Å². The molecule has 0 saturated heterocycles. The second-order valence-corrected chi connectivity index (χ2v) is 11.1. The van der Waals surface area contributed by atoms with Crippen molar-refractivity contribution in [1.29, 1.82) is 0 Å². The lowest BCUT2D eigenvalue weighted by molar-refractivity contribution is -0.123. The number of amides is 1. The molecule has 0 saturated carbocycles. The smallest absolute Gasteiger partial charge is 0.254 e. The van der Waals surface area contributed by atoms with E-state index in [1.807, 2.05) is 0 Å². The highest BCUT2D eigenvalue weighted by Gasteiger charge is 2.50. The van der Waals surface area contributed by atoms with Crippen molar-refractivity contribution in [3.8, 4) is 22.5 Å². The third kappa shape index (κ3) is 4.83. The number of anilines is 1. The molecule has 1 aromatic carbocycles. The summed E-state index contributed by atoms with van der Waals surface area (Å²) in [7, 11) is 0. The zero-order chi connectivity index (χ0) is 28.7. The van der Waals surface area contributed by atoms with Crippen LogP contribution in [0.1, 0.15) is 57.5 Å². The van der Waals surface area contributed by atoms with Gasteiger partial charge in [0.2, 0.25) is 0 Å². The fourth-order valence-corrected chi connectivity index (χ4v) is 5.43. The molecule has 0 fully saturated rings. The van der Waals surface area contributed by atoms with Gasteiger partial charge in [-0.3, -0.25) is 9.78 Å². The van der Waals surface area contributed by atoms with Gasteiger partial charge in [-0.2, -0.15) is 5.10 Å². The van der Waals surface area contributed by atoms with E-state index in [1.165, 1.54) is 25.1 Å². The summed E-state index contributed by atoms with van der Waals surface area (Å²) in [4.78, 5) is 25.6. The Kier molecular flexibility index (Phi) is 7.14. The fourth-order valence-electron chi connectivity index (χ4n) is 5.43. The van der Waals surface area contributed by atoms with E-state index < -0.39 is 29.1 Å². The van der Waals surface area contributed by atoms with Gasteiger partial charge >= 0.3 is 0 Å². The van der Waals surface area contributed by atoms with Crippen LogP contribution in [-0.4, -0.2) is 42.3 Å². The van der Waals surface area contributed by atoms with E-state index in [0.29, 0.717) is 29.2 Å². The molecule has 1 aliphatic carbocycles. The van der Waals surface area contributed by atoms with Gasteiger partial charge in [0.15, 0.2) is 0 Å². The Morgan fingerprint density at radius 3 is 2.45 bits per heavy atom. The maximum Gasteiger partial charge on any atom is 0.254 e. The van der Waals surface area contributed by atoms with Crippen LogP contribution in [0.2, 0.25) is 0 Å². The molecule has 40 heavy (non-hydrogen) atoms. The third-order valence-electron chi connectivity index (χ3n) is 7.54. The molecule has 0 radical (unpaired) electrons. The van der Waals surface area contributed by atoms with Gasteiger partial charge in [0.05, 0.1) is 40.0 Å². The lowest BCUT2D eigenvalue weighted by atomic mass is 9.57. The normalized spacial score (nSPS) is 17.7. The quantitative estimate of drug-likeness (QED) is 0.352. The summed E-state index contributed by atoms with van der Waals surface area (Å²) in [6.45, 7) is 7.72. The predicted molar refractivity (Wildman–Crippen MR) is 146 cm³/mol. The zero-order valence-corrected chi connectivity index (χ0v) is 22.7. The lowest BCUT2D eigenvalue weighted by Gasteiger charge is -2.46. The number of rotatable bonds is 5. The predicted octanol–water partition coefficient (Wildman–Crippen LogP) is 5.26. The number of aliphatic hydroxyl groups is 1. The summed E-state index contributed by atoms with van der Waals surface area (Å²) in [5.41, 5.74) is 2.55. The minimum atomic E-state index is -1.15. The third-order valence-corrected chi connectivity index (χ3v) is 7.54. The van der Waals surface area contributed by atoms with Crippen LogP contribution in [-0.2, 0) is 16.6 Å². The molecule has 206 valence electrons. The number of nitrogens with zero attached hydrogens (tertiary/aromatic N) is 5. The van der Waals surface area contributed by atoms with Crippen molar-refractivity contribution in [2.24, 2.45) is 5.41 Å². The monoisotopic (exact) mass is 544 g/mol. The topological polar surface area (TPSA) is 114 Å². The van der Waals surface area contributed by atoms with E-state index >= 15 is 0 Å². The van der Waals surface area contributed by atoms with E-state index in [2.05, 4.69) is 46.3 Å². The van der Waals surface area contributed by atoms with Gasteiger partial charge < -0.3 is 10.4 Å². The Hall–Kier alpha value is -4.18. The Labute approximate surface area is 231 Å². The summed E-state index contributed by atoms with van der Waals surface area (Å²) < 4.78 is 29.1. The molecule has 0 bridgehead atoms. The van der Waals surface area contributed by atoms with Crippen molar-refractivity contribution in [2.75, 3.05) is 5.32 Å². The standard InChI is InChI=1S/C30H30F2N6O2/c1-17(39)28(40)36-25-11-10-19(14-34-25)23-15-33-16-24(35-23)30(29(2,3)4)12-6-7-18-13-22(37-38-27(18)30)26-20(31)8-5-9-21(26)32/h5,8-11,13-17,39H,6-7,12H2,1-4H3,(H,34,36,40)/t17-,30-/m0/s1.